The van der Waals surface area contributed by atoms with Gasteiger partial charge in [0.25, 0.3) is 0 Å². The van der Waals surface area contributed by atoms with Crippen LogP contribution in [-0.4, -0.2) is 45.9 Å². The molecule has 5 heteroatoms. The van der Waals surface area contributed by atoms with Gasteiger partial charge in [0.15, 0.2) is 5.82 Å². The molecule has 1 aromatic rings. The van der Waals surface area contributed by atoms with E-state index in [2.05, 4.69) is 28.9 Å². The average molecular weight is 307 g/mol. The summed E-state index contributed by atoms with van der Waals surface area (Å²) in [6.07, 6.45) is 6.76. The maximum absolute atomic E-state index is 9.99. The first kappa shape index (κ1) is 15.9. The van der Waals surface area contributed by atoms with Crippen LogP contribution < -0.4 is 0 Å². The summed E-state index contributed by atoms with van der Waals surface area (Å²) in [6.45, 7) is 7.09. The Kier molecular flexibility index (Phi) is 5.14. The van der Waals surface area contributed by atoms with Crippen LogP contribution in [0, 0.1) is 11.8 Å². The van der Waals surface area contributed by atoms with Crippen molar-refractivity contribution in [1.29, 1.82) is 0 Å². The molecule has 1 aromatic heterocycles. The summed E-state index contributed by atoms with van der Waals surface area (Å²) >= 11 is 0. The molecule has 1 aliphatic carbocycles. The summed E-state index contributed by atoms with van der Waals surface area (Å²) in [5.74, 6) is 3.28. The van der Waals surface area contributed by atoms with Crippen LogP contribution in [0.25, 0.3) is 0 Å². The molecule has 124 valence electrons. The third-order valence-corrected chi connectivity index (χ3v) is 5.34. The van der Waals surface area contributed by atoms with E-state index in [0.717, 1.165) is 50.6 Å². The van der Waals surface area contributed by atoms with Crippen molar-refractivity contribution in [1.82, 2.24) is 15.0 Å². The van der Waals surface area contributed by atoms with Crippen molar-refractivity contribution in [2.24, 2.45) is 11.8 Å². The molecule has 1 aliphatic heterocycles. The number of aliphatic hydroxyl groups is 1. The molecule has 1 atom stereocenters. The zero-order chi connectivity index (χ0) is 15.5. The number of hydrogen-bond donors (Lipinski definition) is 1. The van der Waals surface area contributed by atoms with E-state index < -0.39 is 0 Å². The van der Waals surface area contributed by atoms with Gasteiger partial charge in [0, 0.05) is 18.9 Å². The van der Waals surface area contributed by atoms with Gasteiger partial charge in [-0.3, -0.25) is 0 Å². The van der Waals surface area contributed by atoms with Crippen LogP contribution in [0.5, 0.6) is 0 Å². The summed E-state index contributed by atoms with van der Waals surface area (Å²) in [5, 5.41) is 14.1. The Hall–Kier alpha value is -0.940. The number of likely N-dealkylation sites (tertiary alicyclic amines) is 1. The molecule has 0 amide bonds. The maximum Gasteiger partial charge on any atom is 0.226 e. The monoisotopic (exact) mass is 307 g/mol. The highest BCUT2D eigenvalue weighted by Crippen LogP contribution is 2.34. The molecule has 22 heavy (non-hydrogen) atoms. The second-order valence-corrected chi connectivity index (χ2v) is 7.43. The maximum atomic E-state index is 9.99. The average Bonchev–Trinajstić information content (AvgIpc) is 2.87. The van der Waals surface area contributed by atoms with Crippen molar-refractivity contribution in [3.63, 3.8) is 0 Å². The largest absolute Gasteiger partial charge is 0.392 e. The fourth-order valence-corrected chi connectivity index (χ4v) is 3.28. The van der Waals surface area contributed by atoms with Crippen molar-refractivity contribution < 1.29 is 9.63 Å². The smallest absolute Gasteiger partial charge is 0.226 e. The van der Waals surface area contributed by atoms with Gasteiger partial charge in [-0.1, -0.05) is 25.4 Å². The van der Waals surface area contributed by atoms with E-state index in [9.17, 15) is 5.11 Å². The number of aromatic nitrogens is 2. The van der Waals surface area contributed by atoms with Crippen LogP contribution in [0.15, 0.2) is 4.52 Å². The van der Waals surface area contributed by atoms with Gasteiger partial charge in [0.05, 0.1) is 6.10 Å². The predicted molar refractivity (Wildman–Crippen MR) is 84.6 cm³/mol. The minimum absolute atomic E-state index is 0.211. The van der Waals surface area contributed by atoms with Gasteiger partial charge in [0.1, 0.15) is 0 Å². The Labute approximate surface area is 133 Å². The predicted octanol–water partition coefficient (Wildman–Crippen LogP) is 2.61. The minimum Gasteiger partial charge on any atom is -0.392 e. The zero-order valence-corrected chi connectivity index (χ0v) is 13.9. The fourth-order valence-electron chi connectivity index (χ4n) is 3.28. The lowest BCUT2D eigenvalue weighted by Gasteiger charge is -2.33. The summed E-state index contributed by atoms with van der Waals surface area (Å²) < 4.78 is 5.43. The number of aliphatic hydroxyl groups excluding tert-OH is 1. The summed E-state index contributed by atoms with van der Waals surface area (Å²) in [4.78, 5) is 6.97. The molecule has 1 N–H and O–H groups in total. The van der Waals surface area contributed by atoms with E-state index in [1.807, 2.05) is 0 Å². The van der Waals surface area contributed by atoms with E-state index in [1.165, 1.54) is 19.3 Å². The normalized spacial score (nSPS) is 22.9. The molecule has 0 spiro atoms. The van der Waals surface area contributed by atoms with Gasteiger partial charge < -0.3 is 14.5 Å². The van der Waals surface area contributed by atoms with Gasteiger partial charge in [-0.15, -0.1) is 0 Å². The molecule has 0 aromatic carbocycles. The van der Waals surface area contributed by atoms with E-state index in [0.29, 0.717) is 17.8 Å². The Morgan fingerprint density at radius 2 is 1.95 bits per heavy atom. The third kappa shape index (κ3) is 3.87. The first-order chi connectivity index (χ1) is 10.6. The molecule has 1 saturated heterocycles. The minimum atomic E-state index is -0.211. The van der Waals surface area contributed by atoms with E-state index in [1.54, 1.807) is 0 Å². The van der Waals surface area contributed by atoms with Gasteiger partial charge in [-0.2, -0.15) is 4.98 Å². The number of rotatable bonds is 6. The first-order valence-corrected chi connectivity index (χ1v) is 8.84. The van der Waals surface area contributed by atoms with E-state index in [4.69, 9.17) is 4.52 Å². The first-order valence-electron chi connectivity index (χ1n) is 8.84. The number of nitrogens with zero attached hydrogens (tertiary/aromatic N) is 3. The Morgan fingerprint density at radius 1 is 1.23 bits per heavy atom. The molecule has 2 fully saturated rings. The van der Waals surface area contributed by atoms with Gasteiger partial charge in [0.2, 0.25) is 5.89 Å². The van der Waals surface area contributed by atoms with Gasteiger partial charge in [-0.05, 0) is 50.6 Å². The fraction of sp³-hybridized carbons (Fsp3) is 0.882. The molecular weight excluding hydrogens is 278 g/mol. The Bertz CT molecular complexity index is 462. The number of hydrogen-bond acceptors (Lipinski definition) is 5. The van der Waals surface area contributed by atoms with Crippen LogP contribution in [0.1, 0.15) is 63.6 Å². The van der Waals surface area contributed by atoms with Crippen LogP contribution in [0.2, 0.25) is 0 Å². The topological polar surface area (TPSA) is 62.4 Å². The lowest BCUT2D eigenvalue weighted by Crippen LogP contribution is -2.40. The van der Waals surface area contributed by atoms with E-state index >= 15 is 0 Å². The van der Waals surface area contributed by atoms with Crippen molar-refractivity contribution in [2.45, 2.75) is 64.4 Å². The van der Waals surface area contributed by atoms with Crippen LogP contribution >= 0.6 is 0 Å². The highest BCUT2D eigenvalue weighted by atomic mass is 16.5. The van der Waals surface area contributed by atoms with Crippen molar-refractivity contribution >= 4 is 0 Å². The van der Waals surface area contributed by atoms with Crippen LogP contribution in [-0.2, 0) is 6.42 Å². The molecule has 1 saturated carbocycles. The van der Waals surface area contributed by atoms with Crippen molar-refractivity contribution in [3.05, 3.63) is 11.7 Å². The molecule has 2 heterocycles. The standard InChI is InChI=1S/C17H29N3O2/c1-12(2)15(21)11-20-8-6-13(7-9-20)10-16-18-17(19-22-16)14-4-3-5-14/h12-15,21H,3-11H2,1-2H3. The molecule has 1 unspecified atom stereocenters. The Morgan fingerprint density at radius 3 is 2.55 bits per heavy atom. The molecule has 0 radical (unpaired) electrons. The molecular formula is C17H29N3O2. The zero-order valence-electron chi connectivity index (χ0n) is 13.9. The van der Waals surface area contributed by atoms with Crippen LogP contribution in [0.3, 0.4) is 0 Å². The summed E-state index contributed by atoms with van der Waals surface area (Å²) in [5.41, 5.74) is 0. The second kappa shape index (κ2) is 7.09. The lowest BCUT2D eigenvalue weighted by atomic mass is 9.85. The summed E-state index contributed by atoms with van der Waals surface area (Å²) in [7, 11) is 0. The number of piperidine rings is 1. The Balaban J connectivity index is 1.42. The van der Waals surface area contributed by atoms with Crippen molar-refractivity contribution in [3.8, 4) is 0 Å². The van der Waals surface area contributed by atoms with Gasteiger partial charge in [-0.25, -0.2) is 0 Å². The van der Waals surface area contributed by atoms with Gasteiger partial charge >= 0.3 is 0 Å². The highest BCUT2D eigenvalue weighted by Gasteiger charge is 2.27. The van der Waals surface area contributed by atoms with Crippen molar-refractivity contribution in [2.75, 3.05) is 19.6 Å². The quantitative estimate of drug-likeness (QED) is 0.875. The third-order valence-electron chi connectivity index (χ3n) is 5.34. The second-order valence-electron chi connectivity index (χ2n) is 7.43. The summed E-state index contributed by atoms with van der Waals surface area (Å²) in [6, 6.07) is 0. The SMILES string of the molecule is CC(C)C(O)CN1CCC(Cc2nc(C3CCC3)no2)CC1. The molecule has 5 nitrogen and oxygen atoms in total. The molecule has 0 bridgehead atoms. The van der Waals surface area contributed by atoms with E-state index in [-0.39, 0.29) is 6.10 Å². The molecule has 3 rings (SSSR count). The number of β-amino-alcohol motifs (C(OH)–C–C–N with tert-alkyl or cyclic N) is 1. The lowest BCUT2D eigenvalue weighted by molar-refractivity contribution is 0.0597. The highest BCUT2D eigenvalue weighted by molar-refractivity contribution is 5.00. The molecule has 2 aliphatic rings. The van der Waals surface area contributed by atoms with Crippen LogP contribution in [0.4, 0.5) is 0 Å².